The van der Waals surface area contributed by atoms with E-state index in [1.165, 1.54) is 24.3 Å². The smallest absolute Gasteiger partial charge is 0.304 e. The van der Waals surface area contributed by atoms with E-state index in [4.69, 9.17) is 0 Å². The zero-order valence-electron chi connectivity index (χ0n) is 12.7. The second-order valence-electron chi connectivity index (χ2n) is 5.22. The minimum atomic E-state index is -0.386. The molecule has 1 aliphatic heterocycles. The average molecular weight is 311 g/mol. The van der Waals surface area contributed by atoms with Crippen molar-refractivity contribution in [3.05, 3.63) is 21.1 Å². The largest absolute Gasteiger partial charge is 0.356 e. The van der Waals surface area contributed by atoms with Crippen molar-refractivity contribution in [3.8, 4) is 0 Å². The molecule has 0 aromatic carbocycles. The first-order chi connectivity index (χ1) is 9.97. The second kappa shape index (κ2) is 6.53. The number of hydrogen-bond acceptors (Lipinski definition) is 6. The van der Waals surface area contributed by atoms with Gasteiger partial charge in [0.15, 0.2) is 10.8 Å². The standard InChI is InChI=1S/C14H21N3O3S/c1-4-15(5-2)11-6-7-16(9-11)14-12(17(19)20)8-13(21-14)10(3)18/h8,11H,4-7,9H2,1-3H3. The van der Waals surface area contributed by atoms with Crippen molar-refractivity contribution >= 4 is 27.8 Å². The van der Waals surface area contributed by atoms with Gasteiger partial charge >= 0.3 is 5.69 Å². The van der Waals surface area contributed by atoms with Gasteiger partial charge in [0.05, 0.1) is 9.80 Å². The van der Waals surface area contributed by atoms with Crippen molar-refractivity contribution in [2.45, 2.75) is 33.2 Å². The molecule has 0 N–H and O–H groups in total. The molecule has 0 bridgehead atoms. The zero-order valence-corrected chi connectivity index (χ0v) is 13.5. The molecule has 7 heteroatoms. The second-order valence-corrected chi connectivity index (χ2v) is 6.25. The quantitative estimate of drug-likeness (QED) is 0.459. The number of ketones is 1. The van der Waals surface area contributed by atoms with Gasteiger partial charge in [0.1, 0.15) is 0 Å². The maximum absolute atomic E-state index is 11.5. The van der Waals surface area contributed by atoms with E-state index in [1.807, 2.05) is 0 Å². The Labute approximate surface area is 128 Å². The van der Waals surface area contributed by atoms with E-state index in [-0.39, 0.29) is 16.4 Å². The Morgan fingerprint density at radius 1 is 1.52 bits per heavy atom. The summed E-state index contributed by atoms with van der Waals surface area (Å²) in [5.41, 5.74) is 0.0606. The maximum atomic E-state index is 11.5. The number of carbonyl (C=O) groups excluding carboxylic acids is 1. The van der Waals surface area contributed by atoms with Crippen LogP contribution in [-0.2, 0) is 0 Å². The van der Waals surface area contributed by atoms with Crippen molar-refractivity contribution in [2.75, 3.05) is 31.1 Å². The van der Waals surface area contributed by atoms with E-state index in [0.717, 1.165) is 32.6 Å². The molecular weight excluding hydrogens is 290 g/mol. The Kier molecular flexibility index (Phi) is 4.95. The van der Waals surface area contributed by atoms with Crippen molar-refractivity contribution < 1.29 is 9.72 Å². The van der Waals surface area contributed by atoms with Gasteiger partial charge in [-0.15, -0.1) is 11.3 Å². The summed E-state index contributed by atoms with van der Waals surface area (Å²) in [6, 6.07) is 1.84. The molecular formula is C14H21N3O3S. The predicted molar refractivity (Wildman–Crippen MR) is 84.5 cm³/mol. The van der Waals surface area contributed by atoms with Crippen LogP contribution in [0.4, 0.5) is 10.7 Å². The SMILES string of the molecule is CCN(CC)C1CCN(c2sc(C(C)=O)cc2[N+](=O)[O-])C1. The van der Waals surface area contributed by atoms with E-state index in [9.17, 15) is 14.9 Å². The van der Waals surface area contributed by atoms with Gasteiger partial charge < -0.3 is 4.90 Å². The predicted octanol–water partition coefficient (Wildman–Crippen LogP) is 2.78. The minimum Gasteiger partial charge on any atom is -0.356 e. The molecule has 1 aromatic heterocycles. The van der Waals surface area contributed by atoms with Crippen LogP contribution < -0.4 is 4.90 Å². The molecule has 21 heavy (non-hydrogen) atoms. The number of anilines is 1. The lowest BCUT2D eigenvalue weighted by atomic mass is 10.2. The fourth-order valence-corrected chi connectivity index (χ4v) is 3.92. The van der Waals surface area contributed by atoms with Crippen molar-refractivity contribution in [1.29, 1.82) is 0 Å². The van der Waals surface area contributed by atoms with E-state index in [2.05, 4.69) is 23.6 Å². The van der Waals surface area contributed by atoms with Crippen LogP contribution in [0, 0.1) is 10.1 Å². The monoisotopic (exact) mass is 311 g/mol. The highest BCUT2D eigenvalue weighted by Gasteiger charge is 2.32. The van der Waals surface area contributed by atoms with Crippen LogP contribution in [0.15, 0.2) is 6.07 Å². The summed E-state index contributed by atoms with van der Waals surface area (Å²) in [7, 11) is 0. The van der Waals surface area contributed by atoms with Gasteiger partial charge in [-0.3, -0.25) is 19.8 Å². The molecule has 1 aromatic rings. The summed E-state index contributed by atoms with van der Waals surface area (Å²) < 4.78 is 0. The summed E-state index contributed by atoms with van der Waals surface area (Å²) in [6.45, 7) is 9.28. The number of likely N-dealkylation sites (N-methyl/N-ethyl adjacent to an activating group) is 1. The molecule has 1 aliphatic rings. The molecule has 2 rings (SSSR count). The minimum absolute atomic E-state index is 0.0606. The van der Waals surface area contributed by atoms with Gasteiger partial charge in [0, 0.05) is 25.2 Å². The zero-order chi connectivity index (χ0) is 15.6. The molecule has 0 aliphatic carbocycles. The van der Waals surface area contributed by atoms with Crippen molar-refractivity contribution in [3.63, 3.8) is 0 Å². The van der Waals surface area contributed by atoms with E-state index in [1.54, 1.807) is 0 Å². The van der Waals surface area contributed by atoms with Crippen LogP contribution in [-0.4, -0.2) is 47.8 Å². The van der Waals surface area contributed by atoms with E-state index >= 15 is 0 Å². The van der Waals surface area contributed by atoms with Crippen molar-refractivity contribution in [2.24, 2.45) is 0 Å². The number of hydrogen-bond donors (Lipinski definition) is 0. The Balaban J connectivity index is 2.23. The summed E-state index contributed by atoms with van der Waals surface area (Å²) in [5.74, 6) is -0.117. The molecule has 0 spiro atoms. The lowest BCUT2D eigenvalue weighted by molar-refractivity contribution is -0.383. The molecule has 0 radical (unpaired) electrons. The van der Waals surface area contributed by atoms with Gasteiger partial charge in [0.25, 0.3) is 0 Å². The Morgan fingerprint density at radius 3 is 2.71 bits per heavy atom. The number of carbonyl (C=O) groups is 1. The fraction of sp³-hybridized carbons (Fsp3) is 0.643. The third-order valence-electron chi connectivity index (χ3n) is 4.02. The normalized spacial score (nSPS) is 18.5. The number of nitrogens with zero attached hydrogens (tertiary/aromatic N) is 3. The first kappa shape index (κ1) is 15.9. The molecule has 0 amide bonds. The van der Waals surface area contributed by atoms with Crippen LogP contribution in [0.5, 0.6) is 0 Å². The topological polar surface area (TPSA) is 66.7 Å². The number of thiophene rings is 1. The summed E-state index contributed by atoms with van der Waals surface area (Å²) >= 11 is 1.24. The third-order valence-corrected chi connectivity index (χ3v) is 5.30. The average Bonchev–Trinajstić information content (AvgIpc) is 3.06. The van der Waals surface area contributed by atoms with Crippen LogP contribution >= 0.6 is 11.3 Å². The first-order valence-electron chi connectivity index (χ1n) is 7.26. The van der Waals surface area contributed by atoms with Gasteiger partial charge in [-0.25, -0.2) is 0 Å². The van der Waals surface area contributed by atoms with Crippen LogP contribution in [0.1, 0.15) is 36.9 Å². The Hall–Kier alpha value is -1.47. The highest BCUT2D eigenvalue weighted by Crippen LogP contribution is 2.39. The van der Waals surface area contributed by atoms with E-state index in [0.29, 0.717) is 15.9 Å². The number of Topliss-reactive ketones (excluding diaryl/α,β-unsaturated/α-hetero) is 1. The molecule has 1 saturated heterocycles. The van der Waals surface area contributed by atoms with E-state index < -0.39 is 0 Å². The summed E-state index contributed by atoms with van der Waals surface area (Å²) in [5, 5.41) is 11.8. The molecule has 1 atom stereocenters. The van der Waals surface area contributed by atoms with Gasteiger partial charge in [-0.2, -0.15) is 0 Å². The highest BCUT2D eigenvalue weighted by molar-refractivity contribution is 7.18. The van der Waals surface area contributed by atoms with Gasteiger partial charge in [-0.05, 0) is 26.4 Å². The lowest BCUT2D eigenvalue weighted by Crippen LogP contribution is -2.37. The Morgan fingerprint density at radius 2 is 2.19 bits per heavy atom. The molecule has 0 saturated carbocycles. The molecule has 1 fully saturated rings. The molecule has 116 valence electrons. The number of nitro groups is 1. The maximum Gasteiger partial charge on any atom is 0.304 e. The lowest BCUT2D eigenvalue weighted by Gasteiger charge is -2.26. The fourth-order valence-electron chi connectivity index (χ4n) is 2.87. The summed E-state index contributed by atoms with van der Waals surface area (Å²) in [6.07, 6.45) is 1.01. The summed E-state index contributed by atoms with van der Waals surface area (Å²) in [4.78, 5) is 27.2. The van der Waals surface area contributed by atoms with Gasteiger partial charge in [0.2, 0.25) is 0 Å². The molecule has 1 unspecified atom stereocenters. The van der Waals surface area contributed by atoms with Crippen LogP contribution in [0.3, 0.4) is 0 Å². The highest BCUT2D eigenvalue weighted by atomic mass is 32.1. The third kappa shape index (κ3) is 3.24. The number of rotatable bonds is 6. The molecule has 6 nitrogen and oxygen atoms in total. The first-order valence-corrected chi connectivity index (χ1v) is 8.07. The van der Waals surface area contributed by atoms with Gasteiger partial charge in [-0.1, -0.05) is 13.8 Å². The molecule has 2 heterocycles. The van der Waals surface area contributed by atoms with Crippen molar-refractivity contribution in [1.82, 2.24) is 4.90 Å². The van der Waals surface area contributed by atoms with Crippen LogP contribution in [0.25, 0.3) is 0 Å². The Bertz CT molecular complexity index is 540. The van der Waals surface area contributed by atoms with Crippen LogP contribution in [0.2, 0.25) is 0 Å².